The number of hydrogen-bond donors (Lipinski definition) is 1. The molecule has 8 heteroatoms. The Morgan fingerprint density at radius 2 is 1.84 bits per heavy atom. The highest BCUT2D eigenvalue weighted by atomic mass is 35.5. The first-order chi connectivity index (χ1) is 11.6. The number of benzene rings is 2. The van der Waals surface area contributed by atoms with Gasteiger partial charge in [0.15, 0.2) is 0 Å². The third-order valence-corrected chi connectivity index (χ3v) is 5.47. The van der Waals surface area contributed by atoms with Gasteiger partial charge in [0.25, 0.3) is 0 Å². The first-order valence-electron chi connectivity index (χ1n) is 7.41. The smallest absolute Gasteiger partial charge is 0.247 e. The minimum atomic E-state index is -3.70. The van der Waals surface area contributed by atoms with Crippen LogP contribution in [0.4, 0.5) is 11.4 Å². The number of nitrogens with zero attached hydrogens (tertiary/aromatic N) is 1. The van der Waals surface area contributed by atoms with Gasteiger partial charge in [-0.3, -0.25) is 9.10 Å². The van der Waals surface area contributed by atoms with Gasteiger partial charge in [-0.25, -0.2) is 8.42 Å². The topological polar surface area (TPSA) is 66.5 Å². The van der Waals surface area contributed by atoms with Crippen molar-refractivity contribution in [2.75, 3.05) is 15.9 Å². The molecule has 0 fully saturated rings. The number of rotatable bonds is 5. The monoisotopic (exact) mass is 400 g/mol. The third-order valence-electron chi connectivity index (χ3n) is 3.59. The van der Waals surface area contributed by atoms with Crippen molar-refractivity contribution in [3.05, 3.63) is 58.1 Å². The van der Waals surface area contributed by atoms with Crippen LogP contribution in [0, 0.1) is 6.92 Å². The molecule has 0 heterocycles. The fraction of sp³-hybridized carbons (Fsp3) is 0.235. The second-order valence-electron chi connectivity index (χ2n) is 5.67. The number of halogens is 2. The number of carbonyl (C=O) groups excluding carboxylic acids is 1. The number of anilines is 2. The number of aryl methyl sites for hydroxylation is 1. The molecule has 0 spiro atoms. The molecule has 0 aliphatic carbocycles. The van der Waals surface area contributed by atoms with Crippen molar-refractivity contribution in [2.45, 2.75) is 19.9 Å². The molecule has 1 amide bonds. The summed E-state index contributed by atoms with van der Waals surface area (Å²) in [5.74, 6) is -0.481. The van der Waals surface area contributed by atoms with Gasteiger partial charge in [-0.2, -0.15) is 0 Å². The van der Waals surface area contributed by atoms with Crippen LogP contribution >= 0.6 is 23.2 Å². The Labute approximate surface area is 157 Å². The molecule has 0 aliphatic heterocycles. The Bertz CT molecular complexity index is 901. The van der Waals surface area contributed by atoms with E-state index in [4.69, 9.17) is 23.2 Å². The summed E-state index contributed by atoms with van der Waals surface area (Å²) in [7, 11) is -3.70. The van der Waals surface area contributed by atoms with Gasteiger partial charge >= 0.3 is 0 Å². The van der Waals surface area contributed by atoms with Crippen LogP contribution in [0.1, 0.15) is 12.5 Å². The molecular weight excluding hydrogens is 383 g/mol. The zero-order valence-electron chi connectivity index (χ0n) is 14.0. The molecule has 0 saturated carbocycles. The highest BCUT2D eigenvalue weighted by molar-refractivity contribution is 7.92. The molecular formula is C17H18Cl2N2O3S. The van der Waals surface area contributed by atoms with Crippen molar-refractivity contribution >= 4 is 50.5 Å². The summed E-state index contributed by atoms with van der Waals surface area (Å²) in [5.41, 5.74) is 1.69. The van der Waals surface area contributed by atoms with Gasteiger partial charge in [-0.05, 0) is 49.7 Å². The maximum atomic E-state index is 12.6. The van der Waals surface area contributed by atoms with E-state index >= 15 is 0 Å². The molecule has 25 heavy (non-hydrogen) atoms. The lowest BCUT2D eigenvalue weighted by Gasteiger charge is -2.28. The molecule has 0 unspecified atom stereocenters. The summed E-state index contributed by atoms with van der Waals surface area (Å²) in [5, 5.41) is 3.58. The number of sulfonamides is 1. The Morgan fingerprint density at radius 3 is 2.40 bits per heavy atom. The molecule has 1 atom stereocenters. The van der Waals surface area contributed by atoms with E-state index in [1.165, 1.54) is 13.0 Å². The summed E-state index contributed by atoms with van der Waals surface area (Å²) >= 11 is 12.0. The van der Waals surface area contributed by atoms with Crippen molar-refractivity contribution in [1.29, 1.82) is 0 Å². The molecule has 134 valence electrons. The van der Waals surface area contributed by atoms with E-state index in [0.717, 1.165) is 16.1 Å². The van der Waals surface area contributed by atoms with Crippen molar-refractivity contribution in [1.82, 2.24) is 0 Å². The van der Waals surface area contributed by atoms with E-state index < -0.39 is 22.0 Å². The van der Waals surface area contributed by atoms with Gasteiger partial charge in [-0.1, -0.05) is 35.3 Å². The van der Waals surface area contributed by atoms with Crippen LogP contribution in [0.5, 0.6) is 0 Å². The Balaban J connectivity index is 2.31. The Hall–Kier alpha value is -1.76. The van der Waals surface area contributed by atoms with Gasteiger partial charge in [0.1, 0.15) is 6.04 Å². The number of hydrogen-bond acceptors (Lipinski definition) is 3. The lowest BCUT2D eigenvalue weighted by Crippen LogP contribution is -2.45. The summed E-state index contributed by atoms with van der Waals surface area (Å²) in [4.78, 5) is 12.6. The third kappa shape index (κ3) is 4.87. The molecule has 2 aromatic rings. The highest BCUT2D eigenvalue weighted by Crippen LogP contribution is 2.25. The summed E-state index contributed by atoms with van der Waals surface area (Å²) < 4.78 is 25.5. The number of nitrogens with one attached hydrogen (secondary N) is 1. The van der Waals surface area contributed by atoms with Crippen LogP contribution in [0.25, 0.3) is 0 Å². The predicted octanol–water partition coefficient (Wildman–Crippen LogP) is 4.10. The van der Waals surface area contributed by atoms with Crippen LogP contribution in [0.15, 0.2) is 42.5 Å². The summed E-state index contributed by atoms with van der Waals surface area (Å²) in [6.07, 6.45) is 1.04. The number of amides is 1. The Kier molecular flexibility index (Phi) is 5.98. The Morgan fingerprint density at radius 1 is 1.16 bits per heavy atom. The molecule has 5 nitrogen and oxygen atoms in total. The van der Waals surface area contributed by atoms with Crippen molar-refractivity contribution in [3.63, 3.8) is 0 Å². The molecule has 2 rings (SSSR count). The molecule has 2 aromatic carbocycles. The van der Waals surface area contributed by atoms with E-state index in [2.05, 4.69) is 5.32 Å². The van der Waals surface area contributed by atoms with Crippen LogP contribution < -0.4 is 9.62 Å². The highest BCUT2D eigenvalue weighted by Gasteiger charge is 2.29. The predicted molar refractivity (Wildman–Crippen MR) is 103 cm³/mol. The fourth-order valence-corrected chi connectivity index (χ4v) is 3.87. The van der Waals surface area contributed by atoms with Gasteiger partial charge in [0.2, 0.25) is 15.9 Å². The second kappa shape index (κ2) is 7.64. The van der Waals surface area contributed by atoms with E-state index in [1.807, 2.05) is 6.92 Å². The first kappa shape index (κ1) is 19.6. The average Bonchev–Trinajstić information content (AvgIpc) is 2.49. The van der Waals surface area contributed by atoms with Crippen LogP contribution in [0.3, 0.4) is 0 Å². The minimum absolute atomic E-state index is 0.319. The average molecular weight is 401 g/mol. The van der Waals surface area contributed by atoms with Crippen LogP contribution in [0.2, 0.25) is 10.0 Å². The van der Waals surface area contributed by atoms with Crippen molar-refractivity contribution < 1.29 is 13.2 Å². The molecule has 0 aliphatic rings. The van der Waals surface area contributed by atoms with Gasteiger partial charge < -0.3 is 5.32 Å². The van der Waals surface area contributed by atoms with Gasteiger partial charge in [-0.15, -0.1) is 0 Å². The second-order valence-corrected chi connectivity index (χ2v) is 8.37. The lowest BCUT2D eigenvalue weighted by atomic mass is 10.2. The quantitative estimate of drug-likeness (QED) is 0.821. The first-order valence-corrected chi connectivity index (χ1v) is 10.0. The molecule has 0 bridgehead atoms. The number of carbonyl (C=O) groups is 1. The molecule has 0 saturated heterocycles. The van der Waals surface area contributed by atoms with Crippen molar-refractivity contribution in [2.24, 2.45) is 0 Å². The normalized spacial score (nSPS) is 12.5. The summed E-state index contributed by atoms with van der Waals surface area (Å²) in [6, 6.07) is 10.4. The van der Waals surface area contributed by atoms with E-state index in [-0.39, 0.29) is 0 Å². The lowest BCUT2D eigenvalue weighted by molar-refractivity contribution is -0.116. The standard InChI is InChI=1S/C17H18Cl2N2O3S/c1-11-7-8-14(10-16(11)19)20-17(22)12(2)21(25(3,23)24)15-6-4-5-13(18)9-15/h4-10,12H,1-3H3,(H,20,22)/t12-/m1/s1. The van der Waals surface area contributed by atoms with Crippen LogP contribution in [-0.4, -0.2) is 26.6 Å². The van der Waals surface area contributed by atoms with E-state index in [9.17, 15) is 13.2 Å². The fourth-order valence-electron chi connectivity index (χ4n) is 2.34. The maximum absolute atomic E-state index is 12.6. The van der Waals surface area contributed by atoms with Crippen LogP contribution in [-0.2, 0) is 14.8 Å². The van der Waals surface area contributed by atoms with Gasteiger partial charge in [0, 0.05) is 15.7 Å². The largest absolute Gasteiger partial charge is 0.324 e. The summed E-state index contributed by atoms with van der Waals surface area (Å²) in [6.45, 7) is 3.36. The van der Waals surface area contributed by atoms with Crippen molar-refractivity contribution in [3.8, 4) is 0 Å². The minimum Gasteiger partial charge on any atom is -0.324 e. The molecule has 0 aromatic heterocycles. The van der Waals surface area contributed by atoms with Gasteiger partial charge in [0.05, 0.1) is 11.9 Å². The maximum Gasteiger partial charge on any atom is 0.247 e. The SMILES string of the molecule is Cc1ccc(NC(=O)[C@@H](C)N(c2cccc(Cl)c2)S(C)(=O)=O)cc1Cl. The zero-order chi connectivity index (χ0) is 18.8. The molecule has 0 radical (unpaired) electrons. The van der Waals surface area contributed by atoms with E-state index in [1.54, 1.807) is 36.4 Å². The zero-order valence-corrected chi connectivity index (χ0v) is 16.3. The molecule has 1 N–H and O–H groups in total. The van der Waals surface area contributed by atoms with E-state index in [0.29, 0.717) is 21.4 Å².